The SMILES string of the molecule is CC(C)(C)[Si](C)(C)OCC(Cn1ccc(-c2cccc(Oc3ncc(Cl)cc3F)c2)n1)NC(=O)O. The Morgan fingerprint density at radius 1 is 1.29 bits per heavy atom. The van der Waals surface area contributed by atoms with Crippen molar-refractivity contribution in [1.82, 2.24) is 20.1 Å². The molecule has 0 aliphatic rings. The standard InChI is InChI=1S/C24H30ClFN4O4Si/c1-24(2,3)35(4,5)33-15-18(28-23(31)32)14-30-10-9-21(29-30)16-7-6-8-19(11-16)34-22-20(26)12-17(25)13-27-22/h6-13,18,28H,14-15H2,1-5H3,(H,31,32). The molecule has 188 valence electrons. The van der Waals surface area contributed by atoms with Crippen LogP contribution in [0.3, 0.4) is 0 Å². The van der Waals surface area contributed by atoms with E-state index in [-0.39, 0.29) is 22.5 Å². The maximum Gasteiger partial charge on any atom is 0.405 e. The van der Waals surface area contributed by atoms with Crippen LogP contribution in [-0.2, 0) is 11.0 Å². The minimum atomic E-state index is -2.04. The van der Waals surface area contributed by atoms with Gasteiger partial charge in [-0.25, -0.2) is 14.2 Å². The minimum absolute atomic E-state index is 0.0111. The van der Waals surface area contributed by atoms with Crippen LogP contribution in [0.1, 0.15) is 20.8 Å². The quantitative estimate of drug-likeness (QED) is 0.326. The van der Waals surface area contributed by atoms with Crippen LogP contribution in [0.25, 0.3) is 11.3 Å². The lowest BCUT2D eigenvalue weighted by Gasteiger charge is -2.37. The van der Waals surface area contributed by atoms with Crippen LogP contribution < -0.4 is 10.1 Å². The van der Waals surface area contributed by atoms with Gasteiger partial charge in [0.15, 0.2) is 14.1 Å². The average molecular weight is 521 g/mol. The van der Waals surface area contributed by atoms with E-state index in [1.165, 1.54) is 6.20 Å². The number of benzene rings is 1. The molecule has 11 heteroatoms. The summed E-state index contributed by atoms with van der Waals surface area (Å²) in [4.78, 5) is 15.2. The Balaban J connectivity index is 1.72. The average Bonchev–Trinajstić information content (AvgIpc) is 3.22. The zero-order valence-corrected chi connectivity index (χ0v) is 22.1. The van der Waals surface area contributed by atoms with E-state index in [1.54, 1.807) is 29.1 Å². The summed E-state index contributed by atoms with van der Waals surface area (Å²) >= 11 is 5.74. The molecule has 3 rings (SSSR count). The first-order chi connectivity index (χ1) is 16.3. The Kier molecular flexibility index (Phi) is 8.19. The lowest BCUT2D eigenvalue weighted by atomic mass is 10.1. The number of carboxylic acid groups (broad SMARTS) is 1. The third kappa shape index (κ3) is 7.27. The van der Waals surface area contributed by atoms with Gasteiger partial charge in [0.05, 0.1) is 29.9 Å². The smallest absolute Gasteiger partial charge is 0.405 e. The summed E-state index contributed by atoms with van der Waals surface area (Å²) in [6.45, 7) is 11.2. The van der Waals surface area contributed by atoms with Crippen LogP contribution in [0, 0.1) is 5.82 Å². The third-order valence-electron chi connectivity index (χ3n) is 5.95. The van der Waals surface area contributed by atoms with E-state index in [9.17, 15) is 14.3 Å². The molecule has 0 aliphatic heterocycles. The topological polar surface area (TPSA) is 98.5 Å². The molecular formula is C24H30ClFN4O4Si. The maximum atomic E-state index is 14.0. The van der Waals surface area contributed by atoms with Gasteiger partial charge in [-0.15, -0.1) is 0 Å². The fourth-order valence-electron chi connectivity index (χ4n) is 2.99. The highest BCUT2D eigenvalue weighted by atomic mass is 35.5. The van der Waals surface area contributed by atoms with Crippen LogP contribution in [-0.4, -0.2) is 46.9 Å². The molecule has 0 aliphatic carbocycles. The van der Waals surface area contributed by atoms with Crippen molar-refractivity contribution in [3.63, 3.8) is 0 Å². The summed E-state index contributed by atoms with van der Waals surface area (Å²) in [6.07, 6.45) is 1.96. The molecular weight excluding hydrogens is 491 g/mol. The van der Waals surface area contributed by atoms with Crippen LogP contribution in [0.15, 0.2) is 48.8 Å². The Morgan fingerprint density at radius 3 is 2.69 bits per heavy atom. The number of amides is 1. The number of rotatable bonds is 9. The molecule has 1 atom stereocenters. The summed E-state index contributed by atoms with van der Waals surface area (Å²) in [5.74, 6) is -0.454. The summed E-state index contributed by atoms with van der Waals surface area (Å²) in [6, 6.07) is 9.48. The van der Waals surface area contributed by atoms with Crippen LogP contribution >= 0.6 is 11.6 Å². The van der Waals surface area contributed by atoms with E-state index in [4.69, 9.17) is 20.8 Å². The number of ether oxygens (including phenoxy) is 1. The number of pyridine rings is 1. The Bertz CT molecular complexity index is 1180. The van der Waals surface area contributed by atoms with E-state index in [2.05, 4.69) is 49.3 Å². The first-order valence-corrected chi connectivity index (χ1v) is 14.4. The van der Waals surface area contributed by atoms with Crippen LogP contribution in [0.2, 0.25) is 23.2 Å². The second kappa shape index (κ2) is 10.8. The molecule has 3 aromatic rings. The van der Waals surface area contributed by atoms with Gasteiger partial charge in [0.25, 0.3) is 5.88 Å². The van der Waals surface area contributed by atoms with E-state index < -0.39 is 26.3 Å². The second-order valence-electron chi connectivity index (χ2n) is 9.71. The number of halogens is 2. The van der Waals surface area contributed by atoms with Crippen molar-refractivity contribution >= 4 is 26.0 Å². The third-order valence-corrected chi connectivity index (χ3v) is 10.7. The predicted octanol–water partition coefficient (Wildman–Crippen LogP) is 6.19. The van der Waals surface area contributed by atoms with Crippen LogP contribution in [0.5, 0.6) is 11.6 Å². The van der Waals surface area contributed by atoms with E-state index in [0.717, 1.165) is 11.6 Å². The number of hydrogen-bond donors (Lipinski definition) is 2. The first-order valence-electron chi connectivity index (χ1n) is 11.1. The minimum Gasteiger partial charge on any atom is -0.465 e. The van der Waals surface area contributed by atoms with E-state index in [1.807, 2.05) is 12.1 Å². The van der Waals surface area contributed by atoms with Gasteiger partial charge in [-0.05, 0) is 42.4 Å². The molecule has 2 heterocycles. The van der Waals surface area contributed by atoms with Gasteiger partial charge < -0.3 is 19.6 Å². The molecule has 0 bridgehead atoms. The molecule has 35 heavy (non-hydrogen) atoms. The largest absolute Gasteiger partial charge is 0.465 e. The van der Waals surface area contributed by atoms with Gasteiger partial charge in [0.1, 0.15) is 5.75 Å². The van der Waals surface area contributed by atoms with Crippen molar-refractivity contribution in [2.45, 2.75) is 51.5 Å². The molecule has 0 saturated carbocycles. The summed E-state index contributed by atoms with van der Waals surface area (Å²) in [5, 5.41) is 16.6. The normalized spacial score (nSPS) is 12.9. The molecule has 1 amide bonds. The zero-order valence-electron chi connectivity index (χ0n) is 20.4. The van der Waals surface area contributed by atoms with Crippen molar-refractivity contribution in [3.05, 3.63) is 59.6 Å². The maximum absolute atomic E-state index is 14.0. The van der Waals surface area contributed by atoms with Crippen LogP contribution in [0.4, 0.5) is 9.18 Å². The molecule has 1 aromatic carbocycles. The van der Waals surface area contributed by atoms with Gasteiger partial charge in [0, 0.05) is 18.0 Å². The summed E-state index contributed by atoms with van der Waals surface area (Å²) in [7, 11) is -2.04. The molecule has 0 spiro atoms. The number of hydrogen-bond acceptors (Lipinski definition) is 5. The molecule has 1 unspecified atom stereocenters. The van der Waals surface area contributed by atoms with Crippen molar-refractivity contribution in [2.24, 2.45) is 0 Å². The van der Waals surface area contributed by atoms with Gasteiger partial charge in [-0.2, -0.15) is 5.10 Å². The fourth-order valence-corrected chi connectivity index (χ4v) is 4.19. The van der Waals surface area contributed by atoms with Gasteiger partial charge in [0.2, 0.25) is 0 Å². The van der Waals surface area contributed by atoms with Crippen molar-refractivity contribution in [3.8, 4) is 22.9 Å². The Hall–Kier alpha value is -2.95. The number of nitrogens with one attached hydrogen (secondary N) is 1. The molecule has 2 aromatic heterocycles. The highest BCUT2D eigenvalue weighted by molar-refractivity contribution is 6.74. The van der Waals surface area contributed by atoms with E-state index >= 15 is 0 Å². The predicted molar refractivity (Wildman–Crippen MR) is 135 cm³/mol. The first kappa shape index (κ1) is 26.6. The molecule has 0 radical (unpaired) electrons. The summed E-state index contributed by atoms with van der Waals surface area (Å²) in [5.41, 5.74) is 1.40. The Labute approximate surface area is 210 Å². The van der Waals surface area contributed by atoms with Gasteiger partial charge in [-0.3, -0.25) is 4.68 Å². The number of nitrogens with zero attached hydrogens (tertiary/aromatic N) is 3. The molecule has 0 saturated heterocycles. The highest BCUT2D eigenvalue weighted by Gasteiger charge is 2.37. The molecule has 0 fully saturated rings. The van der Waals surface area contributed by atoms with Gasteiger partial charge in [-0.1, -0.05) is 44.5 Å². The van der Waals surface area contributed by atoms with Crippen molar-refractivity contribution < 1.29 is 23.5 Å². The number of aromatic nitrogens is 3. The summed E-state index contributed by atoms with van der Waals surface area (Å²) < 4.78 is 27.5. The lowest BCUT2D eigenvalue weighted by molar-refractivity contribution is 0.173. The number of carbonyl (C=O) groups is 1. The molecule has 8 nitrogen and oxygen atoms in total. The fraction of sp³-hybridized carbons (Fsp3) is 0.375. The lowest BCUT2D eigenvalue weighted by Crippen LogP contribution is -2.47. The molecule has 2 N–H and O–H groups in total. The highest BCUT2D eigenvalue weighted by Crippen LogP contribution is 2.36. The van der Waals surface area contributed by atoms with Crippen molar-refractivity contribution in [2.75, 3.05) is 6.61 Å². The second-order valence-corrected chi connectivity index (χ2v) is 15.0. The van der Waals surface area contributed by atoms with Crippen molar-refractivity contribution in [1.29, 1.82) is 0 Å². The monoisotopic (exact) mass is 520 g/mol. The van der Waals surface area contributed by atoms with E-state index in [0.29, 0.717) is 18.0 Å². The van der Waals surface area contributed by atoms with Gasteiger partial charge >= 0.3 is 6.09 Å². The zero-order chi connectivity index (χ0) is 25.8. The Morgan fingerprint density at radius 2 is 2.03 bits per heavy atom.